The van der Waals surface area contributed by atoms with E-state index in [0.717, 1.165) is 64.9 Å². The lowest BCUT2D eigenvalue weighted by molar-refractivity contribution is 0.387. The highest BCUT2D eigenvalue weighted by atomic mass is 79.9. The Morgan fingerprint density at radius 1 is 1.03 bits per heavy atom. The molecule has 32 heavy (non-hydrogen) atoms. The van der Waals surface area contributed by atoms with Gasteiger partial charge in [0.05, 0.1) is 11.4 Å². The second kappa shape index (κ2) is 10.7. The molecule has 0 spiro atoms. The highest BCUT2D eigenvalue weighted by Gasteiger charge is 2.24. The molecule has 1 heterocycles. The average Bonchev–Trinajstić information content (AvgIpc) is 2.77. The van der Waals surface area contributed by atoms with Crippen LogP contribution >= 0.6 is 44.1 Å². The third-order valence-electron chi connectivity index (χ3n) is 6.16. The summed E-state index contributed by atoms with van der Waals surface area (Å²) in [6.07, 6.45) is 8.85. The number of nitrogens with one attached hydrogen (secondary N) is 3. The van der Waals surface area contributed by atoms with Gasteiger partial charge in [0.25, 0.3) is 0 Å². The molecule has 4 rings (SSSR count). The number of benzene rings is 1. The first kappa shape index (κ1) is 23.7. The summed E-state index contributed by atoms with van der Waals surface area (Å²) in [7, 11) is 4.14. The predicted octanol–water partition coefficient (Wildman–Crippen LogP) is 5.66. The van der Waals surface area contributed by atoms with Crippen molar-refractivity contribution in [2.24, 2.45) is 0 Å². The van der Waals surface area contributed by atoms with Crippen LogP contribution in [-0.4, -0.2) is 41.3 Å². The first-order chi connectivity index (χ1) is 15.4. The van der Waals surface area contributed by atoms with Crippen molar-refractivity contribution in [3.8, 4) is 0 Å². The molecule has 0 bridgehead atoms. The van der Waals surface area contributed by atoms with Gasteiger partial charge in [-0.1, -0.05) is 15.9 Å². The second-order valence-corrected chi connectivity index (χ2v) is 11.0. The quantitative estimate of drug-likeness (QED) is 0.394. The largest absolute Gasteiger partial charge is 0.362 e. The Morgan fingerprint density at radius 2 is 1.75 bits per heavy atom. The molecule has 172 valence electrons. The van der Waals surface area contributed by atoms with Gasteiger partial charge in [-0.2, -0.15) is 4.98 Å². The Kier molecular flexibility index (Phi) is 7.89. The van der Waals surface area contributed by atoms with E-state index in [-0.39, 0.29) is 0 Å². The lowest BCUT2D eigenvalue weighted by Crippen LogP contribution is -2.42. The molecule has 2 aliphatic rings. The van der Waals surface area contributed by atoms with E-state index in [1.54, 1.807) is 0 Å². The highest BCUT2D eigenvalue weighted by Crippen LogP contribution is 2.30. The fraction of sp³-hybridized carbons (Fsp3) is 0.522. The van der Waals surface area contributed by atoms with Crippen molar-refractivity contribution in [1.82, 2.24) is 15.3 Å². The van der Waals surface area contributed by atoms with Gasteiger partial charge in [-0.05, 0) is 97.7 Å². The van der Waals surface area contributed by atoms with Crippen molar-refractivity contribution in [2.45, 2.75) is 63.5 Å². The van der Waals surface area contributed by atoms with Gasteiger partial charge in [-0.3, -0.25) is 0 Å². The Labute approximate surface area is 212 Å². The Hall–Kier alpha value is -1.45. The Morgan fingerprint density at radius 3 is 2.50 bits per heavy atom. The van der Waals surface area contributed by atoms with E-state index in [9.17, 15) is 0 Å². The van der Waals surface area contributed by atoms with Gasteiger partial charge in [0.2, 0.25) is 5.95 Å². The van der Waals surface area contributed by atoms with Crippen LogP contribution in [0.3, 0.4) is 0 Å². The third-order valence-corrected chi connectivity index (χ3v) is 7.56. The zero-order valence-electron chi connectivity index (χ0n) is 18.5. The minimum Gasteiger partial charge on any atom is -0.362 e. The summed E-state index contributed by atoms with van der Waals surface area (Å²) in [6.45, 7) is 0. The SMILES string of the molecule is CN(C)c1nc(NC2CCC(NC(=S)Nc3cc(Br)ccc3Br)CC2)nc2c1CCCC2. The molecule has 1 aromatic heterocycles. The number of thiocarbonyl (C=S) groups is 1. The van der Waals surface area contributed by atoms with Crippen LogP contribution in [0.25, 0.3) is 0 Å². The monoisotopic (exact) mass is 580 g/mol. The number of aryl methyl sites for hydroxylation is 1. The van der Waals surface area contributed by atoms with Crippen LogP contribution in [0.2, 0.25) is 0 Å². The Balaban J connectivity index is 1.31. The fourth-order valence-electron chi connectivity index (χ4n) is 4.51. The van der Waals surface area contributed by atoms with Crippen molar-refractivity contribution >= 4 is 66.6 Å². The van der Waals surface area contributed by atoms with E-state index in [4.69, 9.17) is 22.2 Å². The predicted molar refractivity (Wildman–Crippen MR) is 144 cm³/mol. The van der Waals surface area contributed by atoms with Crippen LogP contribution in [-0.2, 0) is 12.8 Å². The molecule has 0 amide bonds. The molecule has 3 N–H and O–H groups in total. The van der Waals surface area contributed by atoms with Crippen LogP contribution in [0, 0.1) is 0 Å². The molecular formula is C23H30Br2N6S. The molecule has 0 radical (unpaired) electrons. The number of hydrogen-bond acceptors (Lipinski definition) is 5. The maximum Gasteiger partial charge on any atom is 0.225 e. The molecule has 0 unspecified atom stereocenters. The van der Waals surface area contributed by atoms with Crippen molar-refractivity contribution in [2.75, 3.05) is 29.6 Å². The number of aromatic nitrogens is 2. The summed E-state index contributed by atoms with van der Waals surface area (Å²) in [6, 6.07) is 6.77. The number of rotatable bonds is 5. The third kappa shape index (κ3) is 5.91. The fourth-order valence-corrected chi connectivity index (χ4v) is 5.49. The molecule has 6 nitrogen and oxygen atoms in total. The van der Waals surface area contributed by atoms with E-state index in [1.165, 1.54) is 24.1 Å². The molecule has 2 aliphatic carbocycles. The van der Waals surface area contributed by atoms with E-state index >= 15 is 0 Å². The van der Waals surface area contributed by atoms with E-state index < -0.39 is 0 Å². The molecule has 9 heteroatoms. The molecule has 1 fully saturated rings. The van der Waals surface area contributed by atoms with Crippen molar-refractivity contribution in [3.05, 3.63) is 38.4 Å². The number of halogens is 2. The topological polar surface area (TPSA) is 65.1 Å². The summed E-state index contributed by atoms with van der Waals surface area (Å²) in [5, 5.41) is 11.1. The summed E-state index contributed by atoms with van der Waals surface area (Å²) in [4.78, 5) is 11.9. The summed E-state index contributed by atoms with van der Waals surface area (Å²) >= 11 is 12.6. The van der Waals surface area contributed by atoms with Crippen LogP contribution in [0.4, 0.5) is 17.5 Å². The van der Waals surface area contributed by atoms with Crippen LogP contribution < -0.4 is 20.9 Å². The smallest absolute Gasteiger partial charge is 0.225 e. The molecule has 0 atom stereocenters. The Bertz CT molecular complexity index is 975. The maximum absolute atomic E-state index is 5.55. The number of hydrogen-bond donors (Lipinski definition) is 3. The summed E-state index contributed by atoms with van der Waals surface area (Å²) in [5.41, 5.74) is 3.51. The van der Waals surface area contributed by atoms with Gasteiger partial charge in [0, 0.05) is 40.7 Å². The van der Waals surface area contributed by atoms with Crippen LogP contribution in [0.5, 0.6) is 0 Å². The average molecular weight is 582 g/mol. The normalized spacial score (nSPS) is 20.2. The highest BCUT2D eigenvalue weighted by molar-refractivity contribution is 9.11. The van der Waals surface area contributed by atoms with Gasteiger partial charge in [-0.25, -0.2) is 4.98 Å². The standard InChI is InChI=1S/C23H30Br2N6S/c1-31(2)21-17-5-3-4-6-19(17)28-22(30-21)26-15-8-10-16(11-9-15)27-23(32)29-20-13-14(24)7-12-18(20)25/h7,12-13,15-16H,3-6,8-11H2,1-2H3,(H,26,28,30)(H2,27,29,32). The lowest BCUT2D eigenvalue weighted by atomic mass is 9.91. The van der Waals surface area contributed by atoms with E-state index in [1.807, 2.05) is 18.2 Å². The molecule has 2 aromatic rings. The van der Waals surface area contributed by atoms with E-state index in [0.29, 0.717) is 17.2 Å². The number of fused-ring (bicyclic) bond motifs is 1. The first-order valence-corrected chi connectivity index (χ1v) is 13.2. The minimum absolute atomic E-state index is 0.376. The summed E-state index contributed by atoms with van der Waals surface area (Å²) < 4.78 is 2.00. The van der Waals surface area contributed by atoms with Gasteiger partial charge < -0.3 is 20.9 Å². The van der Waals surface area contributed by atoms with Gasteiger partial charge in [-0.15, -0.1) is 0 Å². The lowest BCUT2D eigenvalue weighted by Gasteiger charge is -2.31. The molecule has 0 saturated heterocycles. The number of nitrogens with zero attached hydrogens (tertiary/aromatic N) is 3. The summed E-state index contributed by atoms with van der Waals surface area (Å²) in [5.74, 6) is 1.85. The number of anilines is 3. The van der Waals surface area contributed by atoms with Crippen LogP contribution in [0.15, 0.2) is 27.1 Å². The van der Waals surface area contributed by atoms with Crippen molar-refractivity contribution < 1.29 is 0 Å². The first-order valence-electron chi connectivity index (χ1n) is 11.3. The molecular weight excluding hydrogens is 552 g/mol. The molecule has 1 aromatic carbocycles. The second-order valence-electron chi connectivity index (χ2n) is 8.81. The van der Waals surface area contributed by atoms with Gasteiger partial charge >= 0.3 is 0 Å². The maximum atomic E-state index is 5.55. The van der Waals surface area contributed by atoms with E-state index in [2.05, 4.69) is 66.8 Å². The van der Waals surface area contributed by atoms with Gasteiger partial charge in [0.1, 0.15) is 5.82 Å². The zero-order chi connectivity index (χ0) is 22.7. The van der Waals surface area contributed by atoms with Gasteiger partial charge in [0.15, 0.2) is 5.11 Å². The van der Waals surface area contributed by atoms with Crippen LogP contribution in [0.1, 0.15) is 49.8 Å². The van der Waals surface area contributed by atoms with Crippen molar-refractivity contribution in [1.29, 1.82) is 0 Å². The van der Waals surface area contributed by atoms with Crippen molar-refractivity contribution in [3.63, 3.8) is 0 Å². The molecule has 0 aliphatic heterocycles. The molecule has 1 saturated carbocycles. The zero-order valence-corrected chi connectivity index (χ0v) is 22.5. The minimum atomic E-state index is 0.376.